The zero-order chi connectivity index (χ0) is 5.21. The van der Waals surface area contributed by atoms with Crippen molar-refractivity contribution in [2.24, 2.45) is 0 Å². The predicted molar refractivity (Wildman–Crippen MR) is 19.1 cm³/mol. The molecule has 0 aliphatic rings. The van der Waals surface area contributed by atoms with Gasteiger partial charge in [-0.3, -0.25) is 4.52 Å². The molecule has 0 bridgehead atoms. The van der Waals surface area contributed by atoms with E-state index in [2.05, 4.69) is 4.52 Å². The normalized spacial score (nSPS) is 10.1. The van der Waals surface area contributed by atoms with Gasteiger partial charge in [-0.15, -0.1) is 0 Å². The third kappa shape index (κ3) is 10.9. The minimum atomic E-state index is -4.15. The number of hydrogen-bond acceptors (Lipinski definition) is 2. The first-order valence-corrected chi connectivity index (χ1v) is 2.70. The maximum atomic E-state index is 9.47. The van der Waals surface area contributed by atoms with Crippen molar-refractivity contribution in [2.45, 2.75) is 0 Å². The zero-order valence-corrected chi connectivity index (χ0v) is 7.01. The summed E-state index contributed by atoms with van der Waals surface area (Å²) in [5.41, 5.74) is 0. The van der Waals surface area contributed by atoms with Crippen molar-refractivity contribution in [1.29, 1.82) is 0 Å². The van der Waals surface area contributed by atoms with Gasteiger partial charge in [0.2, 0.25) is 0 Å². The molecule has 0 aliphatic heterocycles. The summed E-state index contributed by atoms with van der Waals surface area (Å²) in [4.78, 5) is 15.4. The van der Waals surface area contributed by atoms with Crippen LogP contribution in [0.15, 0.2) is 0 Å². The first kappa shape index (κ1) is 10.9. The molecule has 7 heavy (non-hydrogen) atoms. The quantitative estimate of drug-likeness (QED) is 0.575. The second kappa shape index (κ2) is 3.93. The third-order valence-corrected chi connectivity index (χ3v) is 0.714. The van der Waals surface area contributed by atoms with E-state index >= 15 is 0 Å². The molecule has 0 aromatic carbocycles. The van der Waals surface area contributed by atoms with Crippen molar-refractivity contribution in [1.82, 2.24) is 0 Å². The molecule has 0 aliphatic carbocycles. The minimum Gasteiger partial charge on any atom is -0.303 e. The van der Waals surface area contributed by atoms with Crippen LogP contribution in [-0.2, 0) is 35.3 Å². The van der Waals surface area contributed by atoms with Crippen LogP contribution in [0.5, 0.6) is 0 Å². The molecule has 0 saturated carbocycles. The van der Waals surface area contributed by atoms with E-state index in [4.69, 9.17) is 9.79 Å². The van der Waals surface area contributed by atoms with Gasteiger partial charge < -0.3 is 9.79 Å². The number of phosphoric ester groups is 1. The van der Waals surface area contributed by atoms with Gasteiger partial charge in [-0.1, -0.05) is 0 Å². The molecule has 2 N–H and O–H groups in total. The molecule has 42 valence electrons. The molecule has 0 saturated heterocycles. The van der Waals surface area contributed by atoms with Crippen LogP contribution in [0.4, 0.5) is 0 Å². The monoisotopic (exact) mass is 202 g/mol. The Hall–Kier alpha value is 0.993. The van der Waals surface area contributed by atoms with E-state index < -0.39 is 7.82 Å². The van der Waals surface area contributed by atoms with Gasteiger partial charge >= 0.3 is 7.82 Å². The van der Waals surface area contributed by atoms with Gasteiger partial charge in [-0.2, -0.15) is 0 Å². The fourth-order valence-corrected chi connectivity index (χ4v) is 0. The topological polar surface area (TPSA) is 66.8 Å². The van der Waals surface area contributed by atoms with Crippen LogP contribution in [0.1, 0.15) is 0 Å². The van der Waals surface area contributed by atoms with Crippen molar-refractivity contribution in [2.75, 3.05) is 7.11 Å². The Balaban J connectivity index is 0. The minimum absolute atomic E-state index is 0. The van der Waals surface area contributed by atoms with Gasteiger partial charge in [0.15, 0.2) is 0 Å². The van der Waals surface area contributed by atoms with E-state index in [1.54, 1.807) is 0 Å². The molecule has 0 aromatic heterocycles. The Morgan fingerprint density at radius 2 is 1.71 bits per heavy atom. The first-order valence-electron chi connectivity index (χ1n) is 1.17. The molecule has 0 spiro atoms. The second-order valence-electron chi connectivity index (χ2n) is 0.673. The van der Waals surface area contributed by atoms with Gasteiger partial charge in [0.1, 0.15) is 0 Å². The van der Waals surface area contributed by atoms with Crippen molar-refractivity contribution >= 4 is 7.82 Å². The molecule has 0 heterocycles. The maximum Gasteiger partial charge on any atom is 0.469 e. The molecule has 0 radical (unpaired) electrons. The summed E-state index contributed by atoms with van der Waals surface area (Å²) in [6, 6.07) is 0. The van der Waals surface area contributed by atoms with Crippen LogP contribution in [0, 0.1) is 0 Å². The Kier molecular flexibility index (Phi) is 6.11. The van der Waals surface area contributed by atoms with E-state index in [0.717, 1.165) is 7.11 Å². The standard InChI is InChI=1S/CH5O4P.Zr/c1-5-6(2,3)4;/h1H3,(H2,2,3,4);. The fraction of sp³-hybridized carbons (Fsp3) is 1.00. The van der Waals surface area contributed by atoms with Crippen LogP contribution >= 0.6 is 7.82 Å². The van der Waals surface area contributed by atoms with Crippen molar-refractivity contribution < 1.29 is 45.1 Å². The molecule has 0 unspecified atom stereocenters. The maximum absolute atomic E-state index is 9.47. The van der Waals surface area contributed by atoms with E-state index in [9.17, 15) is 4.57 Å². The second-order valence-corrected chi connectivity index (χ2v) is 2.02. The summed E-state index contributed by atoms with van der Waals surface area (Å²) in [7, 11) is -3.20. The van der Waals surface area contributed by atoms with E-state index in [1.807, 2.05) is 0 Å². The van der Waals surface area contributed by atoms with Gasteiger partial charge in [-0.25, -0.2) is 4.57 Å². The van der Waals surface area contributed by atoms with E-state index in [0.29, 0.717) is 0 Å². The number of phosphoric acid groups is 1. The zero-order valence-electron chi connectivity index (χ0n) is 3.66. The van der Waals surface area contributed by atoms with Crippen LogP contribution in [0.3, 0.4) is 0 Å². The molecule has 0 fully saturated rings. The number of rotatable bonds is 1. The largest absolute Gasteiger partial charge is 0.469 e. The SMILES string of the molecule is COP(=O)(O)O.[Zr]. The van der Waals surface area contributed by atoms with E-state index in [-0.39, 0.29) is 26.2 Å². The van der Waals surface area contributed by atoms with Crippen LogP contribution in [0.25, 0.3) is 0 Å². The molecular weight excluding hydrogens is 198 g/mol. The molecule has 0 rings (SSSR count). The Bertz CT molecular complexity index is 75.8. The Morgan fingerprint density at radius 1 is 1.57 bits per heavy atom. The van der Waals surface area contributed by atoms with Gasteiger partial charge in [0.05, 0.1) is 0 Å². The molecule has 4 nitrogen and oxygen atoms in total. The summed E-state index contributed by atoms with van der Waals surface area (Å²) >= 11 is 0. The fourth-order valence-electron chi connectivity index (χ4n) is 0. The summed E-state index contributed by atoms with van der Waals surface area (Å²) in [5, 5.41) is 0. The van der Waals surface area contributed by atoms with E-state index in [1.165, 1.54) is 0 Å². The van der Waals surface area contributed by atoms with Gasteiger partial charge in [-0.05, 0) is 0 Å². The summed E-state index contributed by atoms with van der Waals surface area (Å²) in [5.74, 6) is 0. The first-order chi connectivity index (χ1) is 2.56. The van der Waals surface area contributed by atoms with Crippen molar-refractivity contribution in [3.63, 3.8) is 0 Å². The number of hydrogen-bond donors (Lipinski definition) is 2. The van der Waals surface area contributed by atoms with Crippen molar-refractivity contribution in [3.8, 4) is 0 Å². The predicted octanol–water partition coefficient (Wildman–Crippen LogP) is -0.277. The smallest absolute Gasteiger partial charge is 0.303 e. The summed E-state index contributed by atoms with van der Waals surface area (Å²) in [6.45, 7) is 0. The molecule has 6 heteroatoms. The average Bonchev–Trinajstić information content (AvgIpc) is 1.35. The summed E-state index contributed by atoms with van der Waals surface area (Å²) in [6.07, 6.45) is 0. The van der Waals surface area contributed by atoms with Crippen molar-refractivity contribution in [3.05, 3.63) is 0 Å². The van der Waals surface area contributed by atoms with Gasteiger partial charge in [0, 0.05) is 33.3 Å². The molecule has 0 aromatic rings. The molecule has 0 atom stereocenters. The molecule has 0 amide bonds. The van der Waals surface area contributed by atoms with Gasteiger partial charge in [0.25, 0.3) is 0 Å². The van der Waals surface area contributed by atoms with Crippen LogP contribution < -0.4 is 0 Å². The Labute approximate surface area is 60.2 Å². The average molecular weight is 203 g/mol. The Morgan fingerprint density at radius 3 is 1.71 bits per heavy atom. The summed E-state index contributed by atoms with van der Waals surface area (Å²) < 4.78 is 13.1. The van der Waals surface area contributed by atoms with Crippen LogP contribution in [0.2, 0.25) is 0 Å². The third-order valence-electron chi connectivity index (χ3n) is 0.238. The van der Waals surface area contributed by atoms with Crippen LogP contribution in [-0.4, -0.2) is 16.9 Å². The molecular formula is CH5O4PZr.